The van der Waals surface area contributed by atoms with Crippen LogP contribution in [-0.4, -0.2) is 108 Å². The summed E-state index contributed by atoms with van der Waals surface area (Å²) in [5.74, 6) is -0.935. The second-order valence-electron chi connectivity index (χ2n) is 20.7. The Morgan fingerprint density at radius 3 is 2.54 bits per heavy atom. The summed E-state index contributed by atoms with van der Waals surface area (Å²) in [5.41, 5.74) is 2.81. The predicted octanol–water partition coefficient (Wildman–Crippen LogP) is 8.50. The number of likely N-dealkylation sites (N-methyl/N-ethyl adjacent to an activating group) is 1. The summed E-state index contributed by atoms with van der Waals surface area (Å²) in [5, 5.41) is 26.3. The summed E-state index contributed by atoms with van der Waals surface area (Å²) in [6.07, 6.45) is 9.39. The second-order valence-corrected chi connectivity index (χ2v) is 22.4. The fraction of sp³-hybridized carbons (Fsp3) is 0.490. The number of rotatable bonds is 11. The highest BCUT2D eigenvalue weighted by Crippen LogP contribution is 2.53. The van der Waals surface area contributed by atoms with Crippen molar-refractivity contribution < 1.29 is 37.1 Å². The minimum Gasteiger partial charge on any atom is -0.489 e. The van der Waals surface area contributed by atoms with Crippen LogP contribution < -0.4 is 24.4 Å². The van der Waals surface area contributed by atoms with Crippen LogP contribution in [0.1, 0.15) is 106 Å². The molecule has 2 saturated carbocycles. The molecule has 3 aromatic carbocycles. The lowest BCUT2D eigenvalue weighted by Gasteiger charge is -2.58. The molecule has 0 bridgehead atoms. The largest absolute Gasteiger partial charge is 0.489 e. The SMILES string of the molecule is CC(C)c1ccccc1[C@H]1CN(C)CCN1C1CC2(CCN(c3ccc(C(=O)NS(=O)(=O)c4cc5c(c([N+](=O)[O-])c4)N[C@@H](C4CCC(C)(O)CC4)CO5)c(Oc4cnc5[nH]cc(F)c5c4)c3)CC2)C1. The second kappa shape index (κ2) is 18.2. The van der Waals surface area contributed by atoms with E-state index in [0.29, 0.717) is 49.3 Å². The molecule has 16 nitrogen and oxygen atoms in total. The maximum Gasteiger partial charge on any atom is 0.297 e. The Morgan fingerprint density at radius 2 is 1.80 bits per heavy atom. The van der Waals surface area contributed by atoms with E-state index in [1.165, 1.54) is 41.7 Å². The first-order valence-corrected chi connectivity index (χ1v) is 25.7. The molecular formula is C51H61FN8O8S. The molecule has 5 aliphatic rings. The Labute approximate surface area is 401 Å². The van der Waals surface area contributed by atoms with Crippen LogP contribution >= 0.6 is 0 Å². The highest BCUT2D eigenvalue weighted by atomic mass is 32.2. The summed E-state index contributed by atoms with van der Waals surface area (Å²) >= 11 is 0. The van der Waals surface area contributed by atoms with Gasteiger partial charge in [0, 0.05) is 74.9 Å². The molecule has 2 atom stereocenters. The van der Waals surface area contributed by atoms with Gasteiger partial charge in [-0.3, -0.25) is 19.8 Å². The molecule has 5 aromatic rings. The molecule has 4 N–H and O–H groups in total. The molecule has 2 aliphatic carbocycles. The first-order valence-electron chi connectivity index (χ1n) is 24.2. The molecule has 10 rings (SSSR count). The number of piperidine rings is 1. The number of hydrogen-bond donors (Lipinski definition) is 4. The van der Waals surface area contributed by atoms with Gasteiger partial charge in [0.2, 0.25) is 0 Å². The highest BCUT2D eigenvalue weighted by molar-refractivity contribution is 7.90. The Morgan fingerprint density at radius 1 is 1.04 bits per heavy atom. The third kappa shape index (κ3) is 9.35. The molecular weight excluding hydrogens is 904 g/mol. The van der Waals surface area contributed by atoms with Crippen LogP contribution in [0.5, 0.6) is 17.2 Å². The van der Waals surface area contributed by atoms with Gasteiger partial charge in [-0.25, -0.2) is 22.5 Å². The number of hydrogen-bond acceptors (Lipinski definition) is 13. The van der Waals surface area contributed by atoms with Crippen molar-refractivity contribution in [2.24, 2.45) is 11.3 Å². The van der Waals surface area contributed by atoms with Crippen molar-refractivity contribution in [2.45, 2.75) is 107 Å². The summed E-state index contributed by atoms with van der Waals surface area (Å²) in [6.45, 7) is 11.1. The molecule has 5 heterocycles. The molecule has 69 heavy (non-hydrogen) atoms. The Bertz CT molecular complexity index is 2880. The maximum absolute atomic E-state index is 14.7. The van der Waals surface area contributed by atoms with E-state index in [1.54, 1.807) is 19.1 Å². The number of anilines is 2. The minimum absolute atomic E-state index is 0.0169. The van der Waals surface area contributed by atoms with E-state index in [4.69, 9.17) is 9.47 Å². The van der Waals surface area contributed by atoms with E-state index < -0.39 is 42.9 Å². The highest BCUT2D eigenvalue weighted by Gasteiger charge is 2.50. The van der Waals surface area contributed by atoms with Crippen molar-refractivity contribution in [2.75, 3.05) is 56.6 Å². The van der Waals surface area contributed by atoms with Gasteiger partial charge in [-0.2, -0.15) is 0 Å². The lowest BCUT2D eigenvalue weighted by molar-refractivity contribution is -0.384. The zero-order chi connectivity index (χ0) is 48.4. The van der Waals surface area contributed by atoms with E-state index in [2.05, 4.69) is 79.9 Å². The number of benzene rings is 3. The number of aromatic nitrogens is 2. The number of aliphatic hydroxyl groups is 1. The van der Waals surface area contributed by atoms with Crippen molar-refractivity contribution in [3.8, 4) is 17.2 Å². The number of nitrogens with zero attached hydrogens (tertiary/aromatic N) is 5. The summed E-state index contributed by atoms with van der Waals surface area (Å²) < 4.78 is 57.0. The maximum atomic E-state index is 14.7. The Kier molecular flexibility index (Phi) is 12.3. The monoisotopic (exact) mass is 964 g/mol. The van der Waals surface area contributed by atoms with Crippen LogP contribution in [0.25, 0.3) is 11.0 Å². The molecule has 18 heteroatoms. The molecule has 2 aromatic heterocycles. The minimum atomic E-state index is -4.72. The topological polar surface area (TPSA) is 195 Å². The van der Waals surface area contributed by atoms with Gasteiger partial charge >= 0.3 is 0 Å². The summed E-state index contributed by atoms with van der Waals surface area (Å²) in [4.78, 5) is 39.8. The number of sulfonamides is 1. The van der Waals surface area contributed by atoms with E-state index in [1.807, 2.05) is 0 Å². The van der Waals surface area contributed by atoms with Gasteiger partial charge in [-0.05, 0) is 112 Å². The lowest BCUT2D eigenvalue weighted by atomic mass is 9.59. The average Bonchev–Trinajstić information content (AvgIpc) is 3.69. The molecule has 0 radical (unpaired) electrons. The number of amides is 1. The van der Waals surface area contributed by atoms with E-state index in [-0.39, 0.29) is 57.9 Å². The Hall–Kier alpha value is -5.82. The fourth-order valence-electron chi connectivity index (χ4n) is 11.6. The van der Waals surface area contributed by atoms with Crippen molar-refractivity contribution >= 4 is 44.0 Å². The van der Waals surface area contributed by atoms with E-state index >= 15 is 0 Å². The number of H-pyrrole nitrogens is 1. The van der Waals surface area contributed by atoms with Crippen LogP contribution in [0.2, 0.25) is 0 Å². The first-order chi connectivity index (χ1) is 32.9. The number of aromatic amines is 1. The number of halogens is 1. The number of piperazine rings is 1. The quantitative estimate of drug-likeness (QED) is 0.0728. The number of ether oxygens (including phenoxy) is 2. The standard InChI is InChI=1S/C51H61FN8O8S/c1-31(2)37-7-5-6-8-38(37)44-29-57(4)19-20-59(44)34-25-51(26-34)15-17-58(18-16-51)33-9-10-39(45(21-33)68-35-22-40-41(52)28-54-48(40)53-27-35)49(61)56-69(65,66)36-23-43(60(63)64)47-46(24-36)67-30-42(55-47)32-11-13-50(3,62)14-12-32/h5-10,21-24,27-28,31-32,34,42,44,55,62H,11-20,25-26,29-30H2,1-4H3,(H,53,54)(H,56,61)/t32?,42-,44-,50?/m1/s1. The molecule has 1 amide bonds. The number of carbonyl (C=O) groups is 1. The average molecular weight is 965 g/mol. The molecule has 2 saturated heterocycles. The predicted molar refractivity (Wildman–Crippen MR) is 260 cm³/mol. The van der Waals surface area contributed by atoms with Crippen LogP contribution in [-0.2, 0) is 10.0 Å². The molecule has 0 unspecified atom stereocenters. The zero-order valence-corrected chi connectivity index (χ0v) is 40.4. The van der Waals surface area contributed by atoms with Gasteiger partial charge in [0.1, 0.15) is 29.6 Å². The van der Waals surface area contributed by atoms with Gasteiger partial charge in [-0.15, -0.1) is 0 Å². The van der Waals surface area contributed by atoms with E-state index in [0.717, 1.165) is 70.2 Å². The normalized spacial score (nSPS) is 24.3. The number of fused-ring (bicyclic) bond motifs is 2. The summed E-state index contributed by atoms with van der Waals surface area (Å²) in [7, 11) is -2.50. The van der Waals surface area contributed by atoms with Gasteiger partial charge in [-0.1, -0.05) is 38.1 Å². The van der Waals surface area contributed by atoms with Gasteiger partial charge < -0.3 is 34.7 Å². The first kappa shape index (κ1) is 46.9. The molecule has 1 spiro atoms. The summed E-state index contributed by atoms with van der Waals surface area (Å²) in [6, 6.07) is 18.0. The number of carbonyl (C=O) groups excluding carboxylic acids is 1. The fourth-order valence-corrected chi connectivity index (χ4v) is 12.6. The van der Waals surface area contributed by atoms with E-state index in [9.17, 15) is 32.8 Å². The van der Waals surface area contributed by atoms with Gasteiger partial charge in [0.05, 0.1) is 38.6 Å². The molecule has 366 valence electrons. The third-order valence-corrected chi connectivity index (χ3v) is 17.0. The van der Waals surface area contributed by atoms with Crippen molar-refractivity contribution in [3.05, 3.63) is 106 Å². The number of nitro groups is 1. The number of nitrogens with one attached hydrogen (secondary N) is 3. The van der Waals surface area contributed by atoms with Gasteiger partial charge in [0.15, 0.2) is 11.4 Å². The number of pyridine rings is 1. The van der Waals surface area contributed by atoms with Crippen molar-refractivity contribution in [1.29, 1.82) is 0 Å². The lowest BCUT2D eigenvalue weighted by Crippen LogP contribution is -2.59. The van der Waals surface area contributed by atoms with Crippen LogP contribution in [0.15, 0.2) is 78.0 Å². The van der Waals surface area contributed by atoms with Crippen LogP contribution in [0.3, 0.4) is 0 Å². The Balaban J connectivity index is 0.865. The van der Waals surface area contributed by atoms with Crippen LogP contribution in [0.4, 0.5) is 21.5 Å². The zero-order valence-electron chi connectivity index (χ0n) is 39.5. The van der Waals surface area contributed by atoms with Gasteiger partial charge in [0.25, 0.3) is 21.6 Å². The van der Waals surface area contributed by atoms with Crippen molar-refractivity contribution in [1.82, 2.24) is 24.5 Å². The van der Waals surface area contributed by atoms with Crippen molar-refractivity contribution in [3.63, 3.8) is 0 Å². The molecule has 3 aliphatic heterocycles. The third-order valence-electron chi connectivity index (χ3n) is 15.7. The van der Waals surface area contributed by atoms with Crippen LogP contribution in [0, 0.1) is 27.3 Å². The number of nitro benzene ring substituents is 1. The smallest absolute Gasteiger partial charge is 0.297 e. The molecule has 4 fully saturated rings.